The second-order valence-corrected chi connectivity index (χ2v) is 6.28. The van der Waals surface area contributed by atoms with Crippen molar-refractivity contribution in [2.24, 2.45) is 9.98 Å². The Morgan fingerprint density at radius 1 is 0.778 bits per heavy atom. The number of hydrogen-bond donors (Lipinski definition) is 0. The Bertz CT molecular complexity index is 736. The fourth-order valence-corrected chi connectivity index (χ4v) is 2.45. The number of anilines is 2. The average Bonchev–Trinajstić information content (AvgIpc) is 2.70. The van der Waals surface area contributed by atoms with E-state index in [9.17, 15) is 0 Å². The predicted octanol–water partition coefficient (Wildman–Crippen LogP) is 5.48. The standard InChI is InChI=1S/C22H30N4.Ni/c1-6-18(24-20-11-15-22(16-12-20)26(5)8-3)17-23-19-9-13-21(14-10-19)25(4)7-2;/h9-17H,6-8H2,1-5H3;. The van der Waals surface area contributed by atoms with Crippen LogP contribution < -0.4 is 9.80 Å². The topological polar surface area (TPSA) is 31.2 Å². The first-order valence-corrected chi connectivity index (χ1v) is 9.31. The zero-order chi connectivity index (χ0) is 18.9. The molecule has 0 saturated carbocycles. The molecule has 0 aliphatic carbocycles. The van der Waals surface area contributed by atoms with Gasteiger partial charge in [0, 0.05) is 61.3 Å². The van der Waals surface area contributed by atoms with Crippen LogP contribution in [0, 0.1) is 0 Å². The maximum Gasteiger partial charge on any atom is 0.0635 e. The normalized spacial score (nSPS) is 11.4. The Balaban J connectivity index is 0.00000364. The second kappa shape index (κ2) is 11.6. The molecule has 0 heterocycles. The summed E-state index contributed by atoms with van der Waals surface area (Å²) in [4.78, 5) is 13.7. The van der Waals surface area contributed by atoms with Gasteiger partial charge in [-0.25, -0.2) is 0 Å². The third kappa shape index (κ3) is 6.84. The van der Waals surface area contributed by atoms with E-state index in [-0.39, 0.29) is 16.5 Å². The molecule has 0 unspecified atom stereocenters. The molecule has 2 aromatic rings. The zero-order valence-electron chi connectivity index (χ0n) is 16.9. The third-order valence-corrected chi connectivity index (χ3v) is 4.53. The molecule has 0 fully saturated rings. The van der Waals surface area contributed by atoms with E-state index < -0.39 is 0 Å². The van der Waals surface area contributed by atoms with E-state index in [1.807, 2.05) is 18.3 Å². The molecular formula is C22H30N4Ni. The van der Waals surface area contributed by atoms with Crippen LogP contribution in [0.1, 0.15) is 27.2 Å². The van der Waals surface area contributed by atoms with Crippen molar-refractivity contribution < 1.29 is 16.5 Å². The SMILES string of the molecule is CCC(C=Nc1ccc(N(C)CC)cc1)=Nc1ccc(N(C)CC)cc1.[Ni]. The molecule has 2 rings (SSSR count). The van der Waals surface area contributed by atoms with Gasteiger partial charge >= 0.3 is 0 Å². The maximum atomic E-state index is 4.72. The molecular weight excluding hydrogens is 379 g/mol. The first-order chi connectivity index (χ1) is 12.6. The number of nitrogens with zero attached hydrogens (tertiary/aromatic N) is 4. The van der Waals surface area contributed by atoms with E-state index in [1.54, 1.807) is 0 Å². The van der Waals surface area contributed by atoms with Crippen molar-refractivity contribution in [3.63, 3.8) is 0 Å². The molecule has 0 radical (unpaired) electrons. The largest absolute Gasteiger partial charge is 0.375 e. The molecule has 0 N–H and O–H groups in total. The van der Waals surface area contributed by atoms with Gasteiger partial charge in [0.25, 0.3) is 0 Å². The van der Waals surface area contributed by atoms with Gasteiger partial charge in [0.05, 0.1) is 17.1 Å². The summed E-state index contributed by atoms with van der Waals surface area (Å²) in [5.41, 5.74) is 5.28. The summed E-state index contributed by atoms with van der Waals surface area (Å²) in [5.74, 6) is 0. The predicted molar refractivity (Wildman–Crippen MR) is 116 cm³/mol. The third-order valence-electron chi connectivity index (χ3n) is 4.53. The Morgan fingerprint density at radius 3 is 1.63 bits per heavy atom. The van der Waals surface area contributed by atoms with Crippen molar-refractivity contribution >= 4 is 34.7 Å². The van der Waals surface area contributed by atoms with Crippen LogP contribution in [0.5, 0.6) is 0 Å². The van der Waals surface area contributed by atoms with E-state index in [4.69, 9.17) is 4.99 Å². The summed E-state index contributed by atoms with van der Waals surface area (Å²) in [6.07, 6.45) is 2.71. The van der Waals surface area contributed by atoms with Crippen molar-refractivity contribution in [1.29, 1.82) is 0 Å². The Kier molecular flexibility index (Phi) is 9.81. The molecule has 5 heteroatoms. The van der Waals surface area contributed by atoms with Gasteiger partial charge in [0.15, 0.2) is 0 Å². The van der Waals surface area contributed by atoms with Crippen molar-refractivity contribution in [3.05, 3.63) is 48.5 Å². The molecule has 0 bridgehead atoms. The van der Waals surface area contributed by atoms with Crippen molar-refractivity contribution in [3.8, 4) is 0 Å². The molecule has 2 aromatic carbocycles. The summed E-state index contributed by atoms with van der Waals surface area (Å²) in [7, 11) is 4.18. The summed E-state index contributed by atoms with van der Waals surface area (Å²) in [6.45, 7) is 8.36. The monoisotopic (exact) mass is 408 g/mol. The van der Waals surface area contributed by atoms with Crippen LogP contribution in [0.15, 0.2) is 58.5 Å². The van der Waals surface area contributed by atoms with E-state index in [2.05, 4.69) is 86.1 Å². The van der Waals surface area contributed by atoms with E-state index in [0.717, 1.165) is 36.6 Å². The second-order valence-electron chi connectivity index (χ2n) is 6.28. The van der Waals surface area contributed by atoms with Crippen molar-refractivity contribution in [2.45, 2.75) is 27.2 Å². The zero-order valence-corrected chi connectivity index (χ0v) is 17.9. The van der Waals surface area contributed by atoms with Gasteiger partial charge in [0.1, 0.15) is 0 Å². The Hall–Kier alpha value is -2.13. The first-order valence-electron chi connectivity index (χ1n) is 9.31. The molecule has 0 atom stereocenters. The minimum absolute atomic E-state index is 0. The van der Waals surface area contributed by atoms with Crippen molar-refractivity contribution in [2.75, 3.05) is 37.0 Å². The van der Waals surface area contributed by atoms with Gasteiger partial charge in [-0.2, -0.15) is 0 Å². The van der Waals surface area contributed by atoms with Crippen LogP contribution in [-0.4, -0.2) is 39.1 Å². The van der Waals surface area contributed by atoms with Gasteiger partial charge in [-0.15, -0.1) is 0 Å². The first kappa shape index (κ1) is 22.9. The molecule has 0 saturated heterocycles. The van der Waals surface area contributed by atoms with Crippen LogP contribution in [0.25, 0.3) is 0 Å². The van der Waals surface area contributed by atoms with Gasteiger partial charge in [-0.3, -0.25) is 9.98 Å². The van der Waals surface area contributed by atoms with Gasteiger partial charge in [-0.05, 0) is 68.8 Å². The number of benzene rings is 2. The summed E-state index contributed by atoms with van der Waals surface area (Å²) < 4.78 is 0. The Labute approximate surface area is 173 Å². The van der Waals surface area contributed by atoms with Crippen molar-refractivity contribution in [1.82, 2.24) is 0 Å². The summed E-state index contributed by atoms with van der Waals surface area (Å²) >= 11 is 0. The minimum Gasteiger partial charge on any atom is -0.375 e. The van der Waals surface area contributed by atoms with Crippen LogP contribution in [0.2, 0.25) is 0 Å². The number of rotatable bonds is 8. The maximum absolute atomic E-state index is 4.72. The van der Waals surface area contributed by atoms with Gasteiger partial charge < -0.3 is 9.80 Å². The summed E-state index contributed by atoms with van der Waals surface area (Å²) in [6, 6.07) is 16.6. The fourth-order valence-electron chi connectivity index (χ4n) is 2.45. The minimum atomic E-state index is 0. The molecule has 0 aromatic heterocycles. The fraction of sp³-hybridized carbons (Fsp3) is 0.364. The summed E-state index contributed by atoms with van der Waals surface area (Å²) in [5, 5.41) is 0. The quantitative estimate of drug-likeness (QED) is 0.427. The number of hydrogen-bond acceptors (Lipinski definition) is 4. The Morgan fingerprint density at radius 2 is 1.22 bits per heavy atom. The molecule has 0 aliphatic rings. The van der Waals surface area contributed by atoms with Crippen LogP contribution >= 0.6 is 0 Å². The molecule has 4 nitrogen and oxygen atoms in total. The van der Waals surface area contributed by atoms with Gasteiger partial charge in [-0.1, -0.05) is 6.92 Å². The number of aliphatic imine (C=N–C) groups is 2. The van der Waals surface area contributed by atoms with E-state index in [0.29, 0.717) is 0 Å². The molecule has 148 valence electrons. The van der Waals surface area contributed by atoms with E-state index in [1.165, 1.54) is 11.4 Å². The average molecular weight is 409 g/mol. The molecule has 0 amide bonds. The van der Waals surface area contributed by atoms with Gasteiger partial charge in [0.2, 0.25) is 0 Å². The smallest absolute Gasteiger partial charge is 0.0635 e. The molecule has 0 aliphatic heterocycles. The van der Waals surface area contributed by atoms with Crippen LogP contribution in [-0.2, 0) is 16.5 Å². The van der Waals surface area contributed by atoms with E-state index >= 15 is 0 Å². The molecule has 27 heavy (non-hydrogen) atoms. The van der Waals surface area contributed by atoms with Crippen LogP contribution in [0.4, 0.5) is 22.7 Å². The molecule has 0 spiro atoms. The van der Waals surface area contributed by atoms with Crippen LogP contribution in [0.3, 0.4) is 0 Å².